The summed E-state index contributed by atoms with van der Waals surface area (Å²) in [5.74, 6) is 0.766. The Morgan fingerprint density at radius 1 is 0.903 bits per heavy atom. The van der Waals surface area contributed by atoms with Gasteiger partial charge in [0.2, 0.25) is 0 Å². The molecule has 0 aliphatic carbocycles. The number of nitrogens with one attached hydrogen (secondary N) is 1. The van der Waals surface area contributed by atoms with E-state index in [0.717, 1.165) is 28.0 Å². The largest absolute Gasteiger partial charge is 0.495 e. The van der Waals surface area contributed by atoms with Crippen LogP contribution in [0.25, 0.3) is 22.3 Å². The van der Waals surface area contributed by atoms with E-state index in [0.29, 0.717) is 10.2 Å². The van der Waals surface area contributed by atoms with Crippen LogP contribution in [0.3, 0.4) is 0 Å². The summed E-state index contributed by atoms with van der Waals surface area (Å²) in [5, 5.41) is 3.74. The van der Waals surface area contributed by atoms with Gasteiger partial charge in [-0.1, -0.05) is 65.8 Å². The molecule has 1 N–H and O–H groups in total. The summed E-state index contributed by atoms with van der Waals surface area (Å²) in [6.45, 7) is 1.71. The van der Waals surface area contributed by atoms with E-state index in [-0.39, 0.29) is 10.8 Å². The van der Waals surface area contributed by atoms with E-state index in [1.54, 1.807) is 38.3 Å². The summed E-state index contributed by atoms with van der Waals surface area (Å²) < 4.78 is 39.1. The number of ether oxygens (including phenoxy) is 1. The SMILES string of the molecule is COc1c(-c2ccccc2)cccc1-c1ccc(S(=O)(=O)Nc2onc(C)c2Br)cc1. The molecule has 1 aromatic heterocycles. The molecule has 0 saturated heterocycles. The van der Waals surface area contributed by atoms with Gasteiger partial charge in [-0.3, -0.25) is 0 Å². The van der Waals surface area contributed by atoms with Gasteiger partial charge >= 0.3 is 0 Å². The molecule has 0 radical (unpaired) electrons. The first kappa shape index (κ1) is 21.1. The van der Waals surface area contributed by atoms with E-state index in [9.17, 15) is 8.42 Å². The molecular formula is C23H19BrN2O4S. The number of methoxy groups -OCH3 is 1. The van der Waals surface area contributed by atoms with Gasteiger partial charge in [-0.05, 0) is 46.1 Å². The molecule has 158 valence electrons. The summed E-state index contributed by atoms with van der Waals surface area (Å²) in [4.78, 5) is 0.107. The number of halogens is 1. The molecule has 0 unspecified atom stereocenters. The van der Waals surface area contributed by atoms with Crippen LogP contribution in [0, 0.1) is 6.92 Å². The maximum atomic E-state index is 12.7. The van der Waals surface area contributed by atoms with Crippen LogP contribution in [0.15, 0.2) is 86.7 Å². The molecular weight excluding hydrogens is 480 g/mol. The van der Waals surface area contributed by atoms with Crippen molar-refractivity contribution in [1.82, 2.24) is 5.16 Å². The molecule has 0 saturated carbocycles. The van der Waals surface area contributed by atoms with Crippen LogP contribution in [0.4, 0.5) is 5.88 Å². The van der Waals surface area contributed by atoms with Crippen LogP contribution < -0.4 is 9.46 Å². The van der Waals surface area contributed by atoms with Crippen molar-refractivity contribution in [3.05, 3.63) is 83.0 Å². The predicted octanol–water partition coefficient (Wildman–Crippen LogP) is 5.89. The number of sulfonamides is 1. The van der Waals surface area contributed by atoms with Crippen LogP contribution in [0.1, 0.15) is 5.69 Å². The Morgan fingerprint density at radius 2 is 1.52 bits per heavy atom. The molecule has 0 spiro atoms. The average molecular weight is 499 g/mol. The lowest BCUT2D eigenvalue weighted by Crippen LogP contribution is -2.12. The molecule has 0 aliphatic rings. The van der Waals surface area contributed by atoms with Crippen LogP contribution in [-0.4, -0.2) is 20.7 Å². The van der Waals surface area contributed by atoms with E-state index in [1.807, 2.05) is 48.5 Å². The highest BCUT2D eigenvalue weighted by atomic mass is 79.9. The Balaban J connectivity index is 1.68. The fraction of sp³-hybridized carbons (Fsp3) is 0.0870. The van der Waals surface area contributed by atoms with Gasteiger partial charge in [0.25, 0.3) is 15.9 Å². The third-order valence-electron chi connectivity index (χ3n) is 4.80. The molecule has 3 aromatic carbocycles. The molecule has 0 amide bonds. The standard InChI is InChI=1S/C23H19BrN2O4S/c1-15-21(24)23(30-25-15)26-31(27,28)18-13-11-17(12-14-18)20-10-6-9-19(22(20)29-2)16-7-4-3-5-8-16/h3-14,26H,1-2H3. The number of hydrogen-bond donors (Lipinski definition) is 1. The first-order chi connectivity index (χ1) is 14.9. The van der Waals surface area contributed by atoms with Crippen molar-refractivity contribution in [2.24, 2.45) is 0 Å². The van der Waals surface area contributed by atoms with Crippen molar-refractivity contribution in [1.29, 1.82) is 0 Å². The van der Waals surface area contributed by atoms with Crippen molar-refractivity contribution >= 4 is 31.8 Å². The molecule has 8 heteroatoms. The number of anilines is 1. The summed E-state index contributed by atoms with van der Waals surface area (Å²) in [6.07, 6.45) is 0. The van der Waals surface area contributed by atoms with E-state index in [2.05, 4.69) is 25.8 Å². The number of aromatic nitrogens is 1. The molecule has 4 aromatic rings. The fourth-order valence-corrected chi connectivity index (χ4v) is 4.62. The van der Waals surface area contributed by atoms with Crippen LogP contribution in [0.2, 0.25) is 0 Å². The quantitative estimate of drug-likeness (QED) is 0.358. The number of para-hydroxylation sites is 1. The summed E-state index contributed by atoms with van der Waals surface area (Å²) in [6, 6.07) is 22.4. The van der Waals surface area contributed by atoms with E-state index in [1.165, 1.54) is 0 Å². The maximum absolute atomic E-state index is 12.7. The second-order valence-corrected chi connectivity index (χ2v) is 9.27. The number of aryl methyl sites for hydroxylation is 1. The summed E-state index contributed by atoms with van der Waals surface area (Å²) in [7, 11) is -2.20. The van der Waals surface area contributed by atoms with Crippen LogP contribution in [0.5, 0.6) is 5.75 Å². The minimum absolute atomic E-state index is 0.0406. The highest BCUT2D eigenvalue weighted by molar-refractivity contribution is 9.10. The number of hydrogen-bond acceptors (Lipinski definition) is 5. The molecule has 4 rings (SSSR count). The molecule has 1 heterocycles. The van der Waals surface area contributed by atoms with Gasteiger partial charge in [-0.2, -0.15) is 0 Å². The summed E-state index contributed by atoms with van der Waals surface area (Å²) in [5.41, 5.74) is 4.26. The third-order valence-corrected chi connectivity index (χ3v) is 7.08. The van der Waals surface area contributed by atoms with Gasteiger partial charge in [0, 0.05) is 11.1 Å². The molecule has 0 bridgehead atoms. The third kappa shape index (κ3) is 4.22. The number of nitrogens with zero attached hydrogens (tertiary/aromatic N) is 1. The minimum atomic E-state index is -3.83. The van der Waals surface area contributed by atoms with Crippen molar-refractivity contribution in [2.45, 2.75) is 11.8 Å². The highest BCUT2D eigenvalue weighted by Gasteiger charge is 2.20. The monoisotopic (exact) mass is 498 g/mol. The minimum Gasteiger partial charge on any atom is -0.495 e. The van der Waals surface area contributed by atoms with Crippen molar-refractivity contribution in [3.63, 3.8) is 0 Å². The Labute approximate surface area is 189 Å². The van der Waals surface area contributed by atoms with Gasteiger partial charge in [0.15, 0.2) is 0 Å². The normalized spacial score (nSPS) is 11.3. The second-order valence-electron chi connectivity index (χ2n) is 6.79. The molecule has 0 atom stereocenters. The van der Waals surface area contributed by atoms with E-state index >= 15 is 0 Å². The van der Waals surface area contributed by atoms with Crippen LogP contribution >= 0.6 is 15.9 Å². The number of rotatable bonds is 6. The van der Waals surface area contributed by atoms with Crippen LogP contribution in [-0.2, 0) is 10.0 Å². The van der Waals surface area contributed by atoms with E-state index < -0.39 is 10.0 Å². The topological polar surface area (TPSA) is 81.4 Å². The second kappa shape index (κ2) is 8.56. The van der Waals surface area contributed by atoms with Gasteiger partial charge in [0.05, 0.1) is 17.7 Å². The van der Waals surface area contributed by atoms with Gasteiger partial charge in [-0.15, -0.1) is 0 Å². The fourth-order valence-electron chi connectivity index (χ4n) is 3.25. The average Bonchev–Trinajstić information content (AvgIpc) is 3.11. The van der Waals surface area contributed by atoms with Gasteiger partial charge in [0.1, 0.15) is 10.2 Å². The zero-order valence-electron chi connectivity index (χ0n) is 16.8. The zero-order valence-corrected chi connectivity index (χ0v) is 19.2. The van der Waals surface area contributed by atoms with E-state index in [4.69, 9.17) is 9.26 Å². The van der Waals surface area contributed by atoms with Crippen molar-refractivity contribution in [3.8, 4) is 28.0 Å². The lowest BCUT2D eigenvalue weighted by atomic mass is 9.97. The summed E-state index contributed by atoms with van der Waals surface area (Å²) >= 11 is 3.26. The molecule has 0 fully saturated rings. The molecule has 31 heavy (non-hydrogen) atoms. The van der Waals surface area contributed by atoms with Crippen molar-refractivity contribution < 1.29 is 17.7 Å². The maximum Gasteiger partial charge on any atom is 0.264 e. The lowest BCUT2D eigenvalue weighted by Gasteiger charge is -2.14. The first-order valence-corrected chi connectivity index (χ1v) is 11.7. The zero-order chi connectivity index (χ0) is 22.0. The van der Waals surface area contributed by atoms with Gasteiger partial charge in [-0.25, -0.2) is 13.1 Å². The lowest BCUT2D eigenvalue weighted by molar-refractivity contribution is 0.418. The highest BCUT2D eigenvalue weighted by Crippen LogP contribution is 2.39. The Hall–Kier alpha value is -3.10. The van der Waals surface area contributed by atoms with Gasteiger partial charge < -0.3 is 9.26 Å². The Bertz CT molecular complexity index is 1320. The Kier molecular flexibility index (Phi) is 5.84. The van der Waals surface area contributed by atoms with Crippen molar-refractivity contribution in [2.75, 3.05) is 11.8 Å². The smallest absolute Gasteiger partial charge is 0.264 e. The Morgan fingerprint density at radius 3 is 2.06 bits per heavy atom. The number of benzene rings is 3. The predicted molar refractivity (Wildman–Crippen MR) is 124 cm³/mol. The first-order valence-electron chi connectivity index (χ1n) is 9.38. The molecule has 0 aliphatic heterocycles. The molecule has 6 nitrogen and oxygen atoms in total.